The molecular weight excluding hydrogens is 621 g/mol. The minimum atomic E-state index is 0.532. The van der Waals surface area contributed by atoms with Crippen LogP contribution in [0.4, 0.5) is 0 Å². The summed E-state index contributed by atoms with van der Waals surface area (Å²) >= 11 is 0. The van der Waals surface area contributed by atoms with Crippen LogP contribution in [0, 0.1) is 0 Å². The second kappa shape index (κ2) is 12.5. The van der Waals surface area contributed by atoms with Gasteiger partial charge in [0.1, 0.15) is 23.0 Å². The van der Waals surface area contributed by atoms with Gasteiger partial charge in [-0.15, -0.1) is 0 Å². The summed E-state index contributed by atoms with van der Waals surface area (Å²) in [6.45, 7) is 0. The zero-order valence-corrected chi connectivity index (χ0v) is 26.7. The Hall–Kier alpha value is -7.06. The van der Waals surface area contributed by atoms with E-state index >= 15 is 0 Å². The average Bonchev–Trinajstić information content (AvgIpc) is 3.83. The monoisotopic (exact) mass is 648 g/mol. The Morgan fingerprint density at radius 3 is 1.46 bits per heavy atom. The Labute approximate surface area is 287 Å². The molecule has 0 fully saturated rings. The molecule has 9 aromatic rings. The molecule has 0 saturated heterocycles. The number of nitrogens with zero attached hydrogens (tertiary/aromatic N) is 6. The van der Waals surface area contributed by atoms with Gasteiger partial charge in [-0.1, -0.05) is 36.4 Å². The molecule has 0 amide bonds. The predicted octanol–water partition coefficient (Wildman–Crippen LogP) is 10.1. The van der Waals surface area contributed by atoms with Gasteiger partial charge in [-0.3, -0.25) is 14.5 Å². The van der Waals surface area contributed by atoms with Gasteiger partial charge in [0.15, 0.2) is 0 Å². The van der Waals surface area contributed by atoms with Crippen LogP contribution < -0.4 is 9.47 Å². The Balaban J connectivity index is 1.13. The van der Waals surface area contributed by atoms with Gasteiger partial charge in [-0.25, -0.2) is 9.97 Å². The van der Waals surface area contributed by atoms with Crippen molar-refractivity contribution in [3.8, 4) is 57.1 Å². The number of fused-ring (bicyclic) bond motifs is 3. The van der Waals surface area contributed by atoms with E-state index in [9.17, 15) is 0 Å². The Kier molecular flexibility index (Phi) is 7.29. The quantitative estimate of drug-likeness (QED) is 0.163. The van der Waals surface area contributed by atoms with Crippen LogP contribution in [0.3, 0.4) is 0 Å². The molecular formula is C42H28N6O2. The molecule has 8 nitrogen and oxygen atoms in total. The van der Waals surface area contributed by atoms with Crippen molar-refractivity contribution in [2.45, 2.75) is 0 Å². The third-order valence-electron chi connectivity index (χ3n) is 8.50. The Morgan fingerprint density at radius 2 is 0.960 bits per heavy atom. The third-order valence-corrected chi connectivity index (χ3v) is 8.50. The molecule has 50 heavy (non-hydrogen) atoms. The molecule has 8 heteroatoms. The molecule has 5 heterocycles. The van der Waals surface area contributed by atoms with Crippen molar-refractivity contribution < 1.29 is 9.47 Å². The van der Waals surface area contributed by atoms with Crippen LogP contribution in [0.1, 0.15) is 0 Å². The van der Waals surface area contributed by atoms with Gasteiger partial charge in [0.2, 0.25) is 5.95 Å². The summed E-state index contributed by atoms with van der Waals surface area (Å²) < 4.78 is 16.9. The fourth-order valence-electron chi connectivity index (χ4n) is 6.17. The van der Waals surface area contributed by atoms with Crippen LogP contribution in [0.5, 0.6) is 23.0 Å². The second-order valence-electron chi connectivity index (χ2n) is 11.7. The molecule has 0 aliphatic heterocycles. The predicted molar refractivity (Wildman–Crippen MR) is 195 cm³/mol. The first kappa shape index (κ1) is 29.1. The van der Waals surface area contributed by atoms with Crippen LogP contribution in [0.25, 0.3) is 56.0 Å². The lowest BCUT2D eigenvalue weighted by molar-refractivity contribution is 0.483. The average molecular weight is 649 g/mol. The summed E-state index contributed by atoms with van der Waals surface area (Å²) in [5, 5.41) is 2.08. The molecule has 238 valence electrons. The SMILES string of the molecule is c1ccc(-c2cccc(Oc3ccc4c5ccc(Oc6cccc(-c7ccccn7)c6)cc5n(-c5ncc(-n6cccc6)cn5)c4c3)c2)nc1. The minimum Gasteiger partial charge on any atom is -0.457 e. The maximum Gasteiger partial charge on any atom is 0.234 e. The van der Waals surface area contributed by atoms with Crippen molar-refractivity contribution in [3.05, 3.63) is 171 Å². The molecule has 9 rings (SSSR count). The number of aromatic nitrogens is 6. The standard InChI is InChI=1S/C42H28N6O2/c1-3-19-43-38(13-1)29-9-7-11-32(23-29)49-34-15-17-36-37-18-16-35(50-33-12-8-10-30(24-33)39-14-2-4-20-44-39)26-41(37)48(40(36)25-34)42-45-27-31(28-46-42)47-21-5-6-22-47/h1-28H. The lowest BCUT2D eigenvalue weighted by atomic mass is 10.1. The molecule has 0 aliphatic rings. The summed E-state index contributed by atoms with van der Waals surface area (Å²) in [5.41, 5.74) is 6.40. The summed E-state index contributed by atoms with van der Waals surface area (Å²) in [6.07, 6.45) is 11.2. The Morgan fingerprint density at radius 1 is 0.440 bits per heavy atom. The van der Waals surface area contributed by atoms with E-state index < -0.39 is 0 Å². The van der Waals surface area contributed by atoms with E-state index in [-0.39, 0.29) is 0 Å². The van der Waals surface area contributed by atoms with Crippen LogP contribution in [-0.2, 0) is 0 Å². The highest BCUT2D eigenvalue weighted by Crippen LogP contribution is 2.38. The van der Waals surface area contributed by atoms with E-state index in [0.717, 1.165) is 50.0 Å². The first-order valence-corrected chi connectivity index (χ1v) is 16.2. The molecule has 0 aliphatic carbocycles. The molecule has 5 aromatic heterocycles. The summed E-state index contributed by atoms with van der Waals surface area (Å²) in [7, 11) is 0. The van der Waals surface area contributed by atoms with Gasteiger partial charge in [-0.2, -0.15) is 0 Å². The van der Waals surface area contributed by atoms with Crippen molar-refractivity contribution in [1.29, 1.82) is 0 Å². The van der Waals surface area contributed by atoms with Crippen LogP contribution in [0.15, 0.2) is 171 Å². The van der Waals surface area contributed by atoms with Crippen LogP contribution in [-0.4, -0.2) is 29.1 Å². The highest BCUT2D eigenvalue weighted by molar-refractivity contribution is 6.09. The number of rotatable bonds is 8. The van der Waals surface area contributed by atoms with Crippen molar-refractivity contribution in [2.75, 3.05) is 0 Å². The van der Waals surface area contributed by atoms with Gasteiger partial charge in [0.25, 0.3) is 0 Å². The molecule has 0 atom stereocenters. The first-order valence-electron chi connectivity index (χ1n) is 16.2. The van der Waals surface area contributed by atoms with Gasteiger partial charge in [0.05, 0.1) is 40.5 Å². The zero-order valence-electron chi connectivity index (χ0n) is 26.7. The van der Waals surface area contributed by atoms with Gasteiger partial charge >= 0.3 is 0 Å². The highest BCUT2D eigenvalue weighted by Gasteiger charge is 2.17. The summed E-state index contributed by atoms with van der Waals surface area (Å²) in [4.78, 5) is 18.6. The molecule has 0 radical (unpaired) electrons. The maximum absolute atomic E-state index is 6.44. The Bertz CT molecular complexity index is 2440. The number of hydrogen-bond acceptors (Lipinski definition) is 6. The van der Waals surface area contributed by atoms with Gasteiger partial charge < -0.3 is 14.0 Å². The van der Waals surface area contributed by atoms with Crippen LogP contribution >= 0.6 is 0 Å². The normalized spacial score (nSPS) is 11.2. The molecule has 0 unspecified atom stereocenters. The topological polar surface area (TPSA) is 79.9 Å². The highest BCUT2D eigenvalue weighted by atomic mass is 16.5. The zero-order chi connectivity index (χ0) is 33.3. The number of hydrogen-bond donors (Lipinski definition) is 0. The van der Waals surface area contributed by atoms with Gasteiger partial charge in [0, 0.05) is 58.8 Å². The fraction of sp³-hybridized carbons (Fsp3) is 0. The smallest absolute Gasteiger partial charge is 0.234 e. The van der Waals surface area contributed by atoms with Gasteiger partial charge in [-0.05, 0) is 84.9 Å². The number of pyridine rings is 2. The third kappa shape index (κ3) is 5.61. The molecule has 0 spiro atoms. The second-order valence-corrected chi connectivity index (χ2v) is 11.7. The molecule has 0 N–H and O–H groups in total. The van der Waals surface area contributed by atoms with Crippen molar-refractivity contribution in [2.24, 2.45) is 0 Å². The van der Waals surface area contributed by atoms with E-state index in [0.29, 0.717) is 28.9 Å². The molecule has 0 bridgehead atoms. The van der Waals surface area contributed by atoms with E-state index in [4.69, 9.17) is 19.4 Å². The van der Waals surface area contributed by atoms with E-state index in [1.165, 1.54) is 0 Å². The molecule has 4 aromatic carbocycles. The largest absolute Gasteiger partial charge is 0.457 e. The fourth-order valence-corrected chi connectivity index (χ4v) is 6.17. The number of ether oxygens (including phenoxy) is 2. The van der Waals surface area contributed by atoms with E-state index in [1.807, 2.05) is 151 Å². The maximum atomic E-state index is 6.44. The van der Waals surface area contributed by atoms with E-state index in [2.05, 4.69) is 26.7 Å². The van der Waals surface area contributed by atoms with E-state index in [1.54, 1.807) is 12.4 Å². The summed E-state index contributed by atoms with van der Waals surface area (Å²) in [5.74, 6) is 3.33. The number of benzene rings is 4. The lowest BCUT2D eigenvalue weighted by Gasteiger charge is -2.11. The van der Waals surface area contributed by atoms with Crippen molar-refractivity contribution in [3.63, 3.8) is 0 Å². The molecule has 0 saturated carbocycles. The minimum absolute atomic E-state index is 0.532. The first-order chi connectivity index (χ1) is 24.7. The van der Waals surface area contributed by atoms with Crippen LogP contribution in [0.2, 0.25) is 0 Å². The van der Waals surface area contributed by atoms with Crippen molar-refractivity contribution in [1.82, 2.24) is 29.1 Å². The summed E-state index contributed by atoms with van der Waals surface area (Å²) in [6, 6.07) is 43.8. The lowest BCUT2D eigenvalue weighted by Crippen LogP contribution is -2.02. The van der Waals surface area contributed by atoms with Crippen molar-refractivity contribution >= 4 is 21.8 Å².